The Balaban J connectivity index is 3.06. The number of unbranched alkanes of at least 4 members (excludes halogenated alkanes) is 3. The molecule has 0 aromatic heterocycles. The Bertz CT molecular complexity index is 463. The van der Waals surface area contributed by atoms with Crippen LogP contribution in [0.15, 0.2) is 43.0 Å². The summed E-state index contributed by atoms with van der Waals surface area (Å²) in [5, 5.41) is 0. The normalized spacial score (nSPS) is 13.1. The van der Waals surface area contributed by atoms with Gasteiger partial charge in [0.2, 0.25) is 0 Å². The van der Waals surface area contributed by atoms with Gasteiger partial charge in [-0.3, -0.25) is 0 Å². The Morgan fingerprint density at radius 1 is 0.926 bits per heavy atom. The van der Waals surface area contributed by atoms with Gasteiger partial charge in [-0.25, -0.2) is 0 Å². The van der Waals surface area contributed by atoms with Crippen LogP contribution in [-0.4, -0.2) is 34.4 Å². The van der Waals surface area contributed by atoms with E-state index in [0.717, 1.165) is 6.42 Å². The van der Waals surface area contributed by atoms with Crippen LogP contribution in [0, 0.1) is 0 Å². The number of benzene rings is 1. The molecular weight excluding hydrogens is 433 g/mol. The molecule has 1 aromatic rings. The molecule has 0 aliphatic heterocycles. The van der Waals surface area contributed by atoms with E-state index in [0.29, 0.717) is 6.04 Å². The zero-order chi connectivity index (χ0) is 20.0. The van der Waals surface area contributed by atoms with Gasteiger partial charge in [0.25, 0.3) is 0 Å². The summed E-state index contributed by atoms with van der Waals surface area (Å²) < 4.78 is 6.23. The first-order chi connectivity index (χ1) is 13.1. The first-order valence-electron chi connectivity index (χ1n) is 11.5. The molecule has 1 atom stereocenters. The Hall–Kier alpha value is -0.281. The van der Waals surface area contributed by atoms with Crippen LogP contribution in [0.25, 0.3) is 0 Å². The summed E-state index contributed by atoms with van der Waals surface area (Å²) in [5.74, 6) is 0. The van der Waals surface area contributed by atoms with Gasteiger partial charge >= 0.3 is 175 Å². The number of hydrogen-bond acceptors (Lipinski definition) is 1. The minimum absolute atomic E-state index is 0.520. The van der Waals surface area contributed by atoms with E-state index in [1.165, 1.54) is 55.2 Å². The molecule has 0 saturated heterocycles. The summed E-state index contributed by atoms with van der Waals surface area (Å²) in [6.07, 6.45) is 11.7. The Morgan fingerprint density at radius 3 is 1.89 bits per heavy atom. The molecule has 1 rings (SSSR count). The molecule has 0 amide bonds. The fraction of sp³-hybridized carbons (Fsp3) is 0.680. The molecule has 1 unspecified atom stereocenters. The molecule has 154 valence electrons. The van der Waals surface area contributed by atoms with E-state index in [4.69, 9.17) is 0 Å². The Labute approximate surface area is 174 Å². The second kappa shape index (κ2) is 14.7. The quantitative estimate of drug-likeness (QED) is 0.172. The molecule has 0 bridgehead atoms. The summed E-state index contributed by atoms with van der Waals surface area (Å²) in [6.45, 7) is 14.7. The van der Waals surface area contributed by atoms with Gasteiger partial charge in [-0.2, -0.15) is 0 Å². The SMILES string of the molecule is C=CCCN([CH2][Sn]([CH2]CCC)([CH2]CCC)[CH2]CCC)C(C)c1ccccc1. The maximum absolute atomic E-state index is 4.00. The average molecular weight is 478 g/mol. The third kappa shape index (κ3) is 9.17. The van der Waals surface area contributed by atoms with Gasteiger partial charge in [0.05, 0.1) is 0 Å². The zero-order valence-corrected chi connectivity index (χ0v) is 21.5. The van der Waals surface area contributed by atoms with Crippen LogP contribution < -0.4 is 0 Å². The molecule has 0 spiro atoms. The second-order valence-corrected chi connectivity index (χ2v) is 22.2. The van der Waals surface area contributed by atoms with Crippen molar-refractivity contribution in [1.29, 1.82) is 0 Å². The van der Waals surface area contributed by atoms with Gasteiger partial charge < -0.3 is 0 Å². The average Bonchev–Trinajstić information content (AvgIpc) is 2.72. The van der Waals surface area contributed by atoms with Crippen molar-refractivity contribution >= 4 is 18.4 Å². The van der Waals surface area contributed by atoms with E-state index in [9.17, 15) is 0 Å². The monoisotopic (exact) mass is 479 g/mol. The van der Waals surface area contributed by atoms with Gasteiger partial charge in [-0.15, -0.1) is 0 Å². The molecule has 0 aliphatic carbocycles. The first kappa shape index (κ1) is 24.8. The van der Waals surface area contributed by atoms with Crippen LogP contribution in [-0.2, 0) is 0 Å². The van der Waals surface area contributed by atoms with Gasteiger partial charge in [-0.05, 0) is 0 Å². The second-order valence-electron chi connectivity index (χ2n) is 8.45. The van der Waals surface area contributed by atoms with Gasteiger partial charge in [0.1, 0.15) is 0 Å². The van der Waals surface area contributed by atoms with E-state index in [1.54, 1.807) is 13.3 Å². The predicted octanol–water partition coefficient (Wildman–Crippen LogP) is 8.01. The van der Waals surface area contributed by atoms with Crippen molar-refractivity contribution in [3.63, 3.8) is 0 Å². The fourth-order valence-corrected chi connectivity index (χ4v) is 20.9. The summed E-state index contributed by atoms with van der Waals surface area (Å²) in [4.78, 5) is 2.84. The number of rotatable bonds is 16. The Morgan fingerprint density at radius 2 is 1.44 bits per heavy atom. The molecule has 1 aromatic carbocycles. The summed E-state index contributed by atoms with van der Waals surface area (Å²) >= 11 is -2.17. The van der Waals surface area contributed by atoms with Crippen molar-refractivity contribution in [3.8, 4) is 0 Å². The third-order valence-electron chi connectivity index (χ3n) is 6.17. The van der Waals surface area contributed by atoms with E-state index >= 15 is 0 Å². The first-order valence-corrected chi connectivity index (χ1v) is 19.6. The van der Waals surface area contributed by atoms with E-state index in [-0.39, 0.29) is 0 Å². The molecule has 0 N–H and O–H groups in total. The Kier molecular flexibility index (Phi) is 13.5. The van der Waals surface area contributed by atoms with Crippen molar-refractivity contribution in [1.82, 2.24) is 4.90 Å². The molecule has 0 radical (unpaired) electrons. The van der Waals surface area contributed by atoms with Crippen molar-refractivity contribution in [2.75, 3.05) is 11.1 Å². The molecule has 0 aliphatic rings. The molecule has 0 fully saturated rings. The molecule has 27 heavy (non-hydrogen) atoms. The van der Waals surface area contributed by atoms with Crippen molar-refractivity contribution in [2.24, 2.45) is 0 Å². The number of hydrogen-bond donors (Lipinski definition) is 0. The van der Waals surface area contributed by atoms with Crippen molar-refractivity contribution in [3.05, 3.63) is 48.6 Å². The van der Waals surface area contributed by atoms with Crippen LogP contribution in [0.1, 0.15) is 84.2 Å². The fourth-order valence-electron chi connectivity index (χ4n) is 4.31. The van der Waals surface area contributed by atoms with Crippen LogP contribution >= 0.6 is 0 Å². The molecular formula is C25H45NSn. The van der Waals surface area contributed by atoms with Gasteiger partial charge in [0.15, 0.2) is 0 Å². The van der Waals surface area contributed by atoms with Crippen molar-refractivity contribution < 1.29 is 0 Å². The van der Waals surface area contributed by atoms with E-state index in [2.05, 4.69) is 75.6 Å². The van der Waals surface area contributed by atoms with Crippen LogP contribution in [0.4, 0.5) is 0 Å². The minimum atomic E-state index is -2.17. The van der Waals surface area contributed by atoms with Gasteiger partial charge in [0, 0.05) is 0 Å². The molecule has 1 nitrogen and oxygen atoms in total. The molecule has 0 heterocycles. The summed E-state index contributed by atoms with van der Waals surface area (Å²) in [7, 11) is 0. The molecule has 2 heteroatoms. The van der Waals surface area contributed by atoms with Crippen LogP contribution in [0.2, 0.25) is 13.3 Å². The molecule has 0 saturated carbocycles. The van der Waals surface area contributed by atoms with Crippen LogP contribution in [0.5, 0.6) is 0 Å². The topological polar surface area (TPSA) is 3.24 Å². The van der Waals surface area contributed by atoms with Gasteiger partial charge in [-0.1, -0.05) is 0 Å². The van der Waals surface area contributed by atoms with E-state index < -0.39 is 18.4 Å². The number of nitrogens with zero attached hydrogens (tertiary/aromatic N) is 1. The van der Waals surface area contributed by atoms with E-state index in [1.807, 2.05) is 0 Å². The standard InChI is InChI=1S/C13H18N.3C4H9.Sn/c1-4-5-11-14(3)12(2)13-9-7-6-8-10-13;3*1-3-4-2;/h4,6-10,12H,1,3,5,11H2,2H3;3*1,3-4H2,2H3;. The van der Waals surface area contributed by atoms with Crippen molar-refractivity contribution in [2.45, 2.75) is 92.0 Å². The third-order valence-corrected chi connectivity index (χ3v) is 21.4. The predicted molar refractivity (Wildman–Crippen MR) is 126 cm³/mol. The maximum atomic E-state index is 4.00. The summed E-state index contributed by atoms with van der Waals surface area (Å²) in [6, 6.07) is 11.7. The van der Waals surface area contributed by atoms with Crippen LogP contribution in [0.3, 0.4) is 0 Å². The zero-order valence-electron chi connectivity index (χ0n) is 18.7. The summed E-state index contributed by atoms with van der Waals surface area (Å²) in [5.41, 5.74) is 1.48.